The normalized spacial score (nSPS) is 12.2. The zero-order valence-corrected chi connectivity index (χ0v) is 34.4. The van der Waals surface area contributed by atoms with Crippen molar-refractivity contribution in [1.29, 1.82) is 0 Å². The Morgan fingerprint density at radius 1 is 0.333 bits per heavy atom. The highest BCUT2D eigenvalue weighted by molar-refractivity contribution is 5.97. The van der Waals surface area contributed by atoms with E-state index < -0.39 is 5.41 Å². The van der Waals surface area contributed by atoms with Crippen molar-refractivity contribution < 1.29 is 0 Å². The average Bonchev–Trinajstić information content (AvgIpc) is 3.68. The highest BCUT2D eigenvalue weighted by Crippen LogP contribution is 2.59. The number of fused-ring (bicyclic) bond motifs is 3. The van der Waals surface area contributed by atoms with E-state index in [-0.39, 0.29) is 0 Å². The molecule has 294 valence electrons. The summed E-state index contributed by atoms with van der Waals surface area (Å²) >= 11 is 0. The molecule has 1 heterocycles. The molecule has 0 aliphatic heterocycles. The highest BCUT2D eigenvalue weighted by Gasteiger charge is 2.46. The van der Waals surface area contributed by atoms with Gasteiger partial charge in [-0.2, -0.15) is 0 Å². The van der Waals surface area contributed by atoms with E-state index in [4.69, 9.17) is 16.5 Å². The zero-order valence-electron chi connectivity index (χ0n) is 34.4. The third-order valence-electron chi connectivity index (χ3n) is 12.4. The molecule has 1 aliphatic carbocycles. The lowest BCUT2D eigenvalue weighted by atomic mass is 9.67. The van der Waals surface area contributed by atoms with E-state index in [0.29, 0.717) is 11.5 Å². The minimum Gasteiger partial charge on any atom is -0.238 e. The van der Waals surface area contributed by atoms with Gasteiger partial charge in [-0.15, -0.1) is 0 Å². The Balaban J connectivity index is 1.05. The monoisotopic (exact) mass is 801 g/mol. The van der Waals surface area contributed by atoms with Gasteiger partial charge >= 0.3 is 0 Å². The summed E-state index contributed by atoms with van der Waals surface area (Å²) in [5, 5.41) is 0. The molecule has 1 aromatic heterocycles. The standard InChI is InChI=1S/C60H39N3/c1-61-49-35-36-54-53(39-49)58-51(33-18-34-55(58)60(54,47-27-10-4-11-28-47)48-29-12-5-13-30-48)45-25-16-23-43(37-45)44-24-17-26-46(38-44)59-62-56(42-21-8-3-9-22-42)40-57(63-59)52-32-15-14-31-50(52)41-19-6-2-7-20-41/h2-40H. The van der Waals surface area contributed by atoms with Crippen molar-refractivity contribution in [3.8, 4) is 78.4 Å². The average molecular weight is 802 g/mol. The smallest absolute Gasteiger partial charge is 0.187 e. The second kappa shape index (κ2) is 15.9. The fraction of sp³-hybridized carbons (Fsp3) is 0.0167. The molecule has 0 radical (unpaired) electrons. The van der Waals surface area contributed by atoms with Crippen molar-refractivity contribution in [2.45, 2.75) is 5.41 Å². The maximum absolute atomic E-state index is 8.01. The molecule has 3 heteroatoms. The highest BCUT2D eigenvalue weighted by atomic mass is 14.9. The van der Waals surface area contributed by atoms with Crippen LogP contribution in [0.25, 0.3) is 83.3 Å². The van der Waals surface area contributed by atoms with Gasteiger partial charge in [0.25, 0.3) is 0 Å². The molecule has 11 rings (SSSR count). The van der Waals surface area contributed by atoms with Gasteiger partial charge in [-0.05, 0) is 91.0 Å². The minimum absolute atomic E-state index is 0.565. The number of benzene rings is 9. The minimum atomic E-state index is -0.565. The van der Waals surface area contributed by atoms with Gasteiger partial charge in [0.05, 0.1) is 23.4 Å². The molecule has 0 saturated carbocycles. The van der Waals surface area contributed by atoms with E-state index in [2.05, 4.69) is 223 Å². The Morgan fingerprint density at radius 2 is 0.841 bits per heavy atom. The lowest BCUT2D eigenvalue weighted by molar-refractivity contribution is 0.769. The lowest BCUT2D eigenvalue weighted by Crippen LogP contribution is -2.28. The molecule has 0 bridgehead atoms. The SMILES string of the molecule is [C-]#[N+]c1ccc2c(c1)-c1c(-c3cccc(-c4cccc(-c5nc(-c6ccccc6)cc(-c6ccccc6-c6ccccc6)n5)c4)c3)cccc1C2(c1ccccc1)c1ccccc1. The lowest BCUT2D eigenvalue weighted by Gasteiger charge is -2.34. The summed E-state index contributed by atoms with van der Waals surface area (Å²) < 4.78 is 0. The van der Waals surface area contributed by atoms with Crippen LogP contribution in [0.15, 0.2) is 237 Å². The maximum atomic E-state index is 8.01. The Kier molecular flexibility index (Phi) is 9.45. The van der Waals surface area contributed by atoms with Crippen molar-refractivity contribution in [2.75, 3.05) is 0 Å². The third kappa shape index (κ3) is 6.54. The second-order valence-corrected chi connectivity index (χ2v) is 16.0. The number of hydrogen-bond donors (Lipinski definition) is 0. The van der Waals surface area contributed by atoms with Crippen molar-refractivity contribution in [2.24, 2.45) is 0 Å². The van der Waals surface area contributed by atoms with E-state index in [0.717, 1.165) is 72.6 Å². The molecular formula is C60H39N3. The van der Waals surface area contributed by atoms with Gasteiger partial charge in [-0.1, -0.05) is 212 Å². The molecule has 3 nitrogen and oxygen atoms in total. The Labute approximate surface area is 368 Å². The van der Waals surface area contributed by atoms with Gasteiger partial charge in [0.15, 0.2) is 11.5 Å². The van der Waals surface area contributed by atoms with Gasteiger partial charge in [-0.25, -0.2) is 14.8 Å². The van der Waals surface area contributed by atoms with Gasteiger partial charge in [0, 0.05) is 16.7 Å². The van der Waals surface area contributed by atoms with Crippen LogP contribution in [0.1, 0.15) is 22.3 Å². The van der Waals surface area contributed by atoms with Crippen molar-refractivity contribution >= 4 is 5.69 Å². The first-order valence-electron chi connectivity index (χ1n) is 21.3. The van der Waals surface area contributed by atoms with Crippen LogP contribution in [0.4, 0.5) is 5.69 Å². The Morgan fingerprint density at radius 3 is 1.51 bits per heavy atom. The molecule has 10 aromatic rings. The molecule has 0 atom stereocenters. The fourth-order valence-corrected chi connectivity index (χ4v) is 9.59. The number of nitrogens with zero attached hydrogens (tertiary/aromatic N) is 3. The van der Waals surface area contributed by atoms with E-state index in [1.807, 2.05) is 18.2 Å². The van der Waals surface area contributed by atoms with Crippen LogP contribution in [0.3, 0.4) is 0 Å². The molecule has 0 spiro atoms. The van der Waals surface area contributed by atoms with Crippen LogP contribution in [0.5, 0.6) is 0 Å². The van der Waals surface area contributed by atoms with Crippen LogP contribution in [-0.4, -0.2) is 9.97 Å². The van der Waals surface area contributed by atoms with Gasteiger partial charge < -0.3 is 0 Å². The molecular weight excluding hydrogens is 763 g/mol. The second-order valence-electron chi connectivity index (χ2n) is 16.0. The van der Waals surface area contributed by atoms with Gasteiger partial charge in [-0.3, -0.25) is 0 Å². The molecule has 0 saturated heterocycles. The first-order valence-corrected chi connectivity index (χ1v) is 21.3. The van der Waals surface area contributed by atoms with Gasteiger partial charge in [0.1, 0.15) is 0 Å². The molecule has 1 aliphatic rings. The Hall–Kier alpha value is -8.45. The third-order valence-corrected chi connectivity index (χ3v) is 12.4. The van der Waals surface area contributed by atoms with Crippen molar-refractivity contribution in [3.63, 3.8) is 0 Å². The Bertz CT molecular complexity index is 3290. The number of rotatable bonds is 8. The summed E-state index contributed by atoms with van der Waals surface area (Å²) in [5.74, 6) is 0.665. The number of aromatic nitrogens is 2. The van der Waals surface area contributed by atoms with Crippen LogP contribution in [0.2, 0.25) is 0 Å². The maximum Gasteiger partial charge on any atom is 0.187 e. The summed E-state index contributed by atoms with van der Waals surface area (Å²) in [6.07, 6.45) is 0. The predicted octanol–water partition coefficient (Wildman–Crippen LogP) is 15.4. The summed E-state index contributed by atoms with van der Waals surface area (Å²) in [7, 11) is 0. The first kappa shape index (κ1) is 37.5. The summed E-state index contributed by atoms with van der Waals surface area (Å²) in [4.78, 5) is 14.4. The van der Waals surface area contributed by atoms with Crippen LogP contribution >= 0.6 is 0 Å². The van der Waals surface area contributed by atoms with Crippen LogP contribution < -0.4 is 0 Å². The van der Waals surface area contributed by atoms with E-state index in [1.54, 1.807) is 0 Å². The molecule has 9 aromatic carbocycles. The molecule has 0 unspecified atom stereocenters. The summed E-state index contributed by atoms with van der Waals surface area (Å²) in [5.41, 5.74) is 18.5. The largest absolute Gasteiger partial charge is 0.238 e. The molecule has 0 N–H and O–H groups in total. The summed E-state index contributed by atoms with van der Waals surface area (Å²) in [6, 6.07) is 83.3. The van der Waals surface area contributed by atoms with Crippen molar-refractivity contribution in [3.05, 3.63) is 270 Å². The predicted molar refractivity (Wildman–Crippen MR) is 258 cm³/mol. The van der Waals surface area contributed by atoms with E-state index >= 15 is 0 Å². The quantitative estimate of drug-likeness (QED) is 0.143. The first-order chi connectivity index (χ1) is 31.2. The van der Waals surface area contributed by atoms with E-state index in [9.17, 15) is 0 Å². The fourth-order valence-electron chi connectivity index (χ4n) is 9.59. The zero-order chi connectivity index (χ0) is 42.2. The topological polar surface area (TPSA) is 30.1 Å². The van der Waals surface area contributed by atoms with Gasteiger partial charge in [0.2, 0.25) is 0 Å². The van der Waals surface area contributed by atoms with Crippen LogP contribution in [-0.2, 0) is 5.41 Å². The molecule has 0 fully saturated rings. The number of hydrogen-bond acceptors (Lipinski definition) is 2. The van der Waals surface area contributed by atoms with Crippen molar-refractivity contribution in [1.82, 2.24) is 9.97 Å². The molecule has 63 heavy (non-hydrogen) atoms. The van der Waals surface area contributed by atoms with E-state index in [1.165, 1.54) is 22.3 Å². The summed E-state index contributed by atoms with van der Waals surface area (Å²) in [6.45, 7) is 8.01. The molecule has 0 amide bonds. The van der Waals surface area contributed by atoms with Crippen LogP contribution in [0, 0.1) is 6.57 Å².